The topological polar surface area (TPSA) is 45.6 Å². The highest BCUT2D eigenvalue weighted by Gasteiger charge is 2.36. The quantitative estimate of drug-likeness (QED) is 0.256. The Labute approximate surface area is 238 Å². The maximum absolute atomic E-state index is 14.3. The summed E-state index contributed by atoms with van der Waals surface area (Å²) in [6.07, 6.45) is 2.08. The van der Waals surface area contributed by atoms with Gasteiger partial charge in [-0.1, -0.05) is 98.8 Å². The molecule has 0 fully saturated rings. The standard InChI is InChI=1S/C35H39N3O2/c1-25(2)27-17-19-30(20-18-27)34-31-16-11-21-36(31)22-23-37(34)32(39)24-38(26(3)4)35(40)33(28-12-7-5-8-13-28)29-14-9-6-10-15-29/h5-21,25-26,33-34H,22-24H2,1-4H3/t34-/m1/s1. The Balaban J connectivity index is 1.46. The molecule has 1 aliphatic heterocycles. The molecule has 1 atom stereocenters. The molecule has 5 nitrogen and oxygen atoms in total. The molecule has 0 bridgehead atoms. The molecule has 0 saturated carbocycles. The van der Waals surface area contributed by atoms with Crippen molar-refractivity contribution in [2.45, 2.75) is 58.2 Å². The van der Waals surface area contributed by atoms with E-state index >= 15 is 0 Å². The van der Waals surface area contributed by atoms with Crippen molar-refractivity contribution in [2.24, 2.45) is 0 Å². The molecule has 1 aliphatic rings. The van der Waals surface area contributed by atoms with Gasteiger partial charge in [0, 0.05) is 31.0 Å². The smallest absolute Gasteiger partial charge is 0.243 e. The molecule has 1 aromatic heterocycles. The summed E-state index contributed by atoms with van der Waals surface area (Å²) in [7, 11) is 0. The van der Waals surface area contributed by atoms with Crippen LogP contribution in [0.5, 0.6) is 0 Å². The molecule has 2 amide bonds. The Morgan fingerprint density at radius 1 is 0.750 bits per heavy atom. The highest BCUT2D eigenvalue weighted by Crippen LogP contribution is 2.34. The van der Waals surface area contributed by atoms with Gasteiger partial charge in [-0.05, 0) is 54.2 Å². The molecule has 0 radical (unpaired) electrons. The summed E-state index contributed by atoms with van der Waals surface area (Å²) in [6, 6.07) is 32.2. The van der Waals surface area contributed by atoms with Crippen LogP contribution in [-0.4, -0.2) is 45.3 Å². The Morgan fingerprint density at radius 3 is 1.90 bits per heavy atom. The zero-order chi connectivity index (χ0) is 28.2. The molecule has 206 valence electrons. The first kappa shape index (κ1) is 27.4. The van der Waals surface area contributed by atoms with Gasteiger partial charge in [0.2, 0.25) is 11.8 Å². The van der Waals surface area contributed by atoms with E-state index in [0.29, 0.717) is 12.5 Å². The van der Waals surface area contributed by atoms with Crippen molar-refractivity contribution in [1.82, 2.24) is 14.4 Å². The molecule has 0 saturated heterocycles. The molecule has 0 aliphatic carbocycles. The Morgan fingerprint density at radius 2 is 1.35 bits per heavy atom. The van der Waals surface area contributed by atoms with Gasteiger partial charge in [-0.15, -0.1) is 0 Å². The average molecular weight is 534 g/mol. The largest absolute Gasteiger partial charge is 0.348 e. The van der Waals surface area contributed by atoms with E-state index in [1.54, 1.807) is 4.90 Å². The zero-order valence-electron chi connectivity index (χ0n) is 23.9. The molecule has 3 aromatic carbocycles. The maximum Gasteiger partial charge on any atom is 0.243 e. The van der Waals surface area contributed by atoms with Crippen molar-refractivity contribution in [1.29, 1.82) is 0 Å². The summed E-state index contributed by atoms with van der Waals surface area (Å²) >= 11 is 0. The number of carbonyl (C=O) groups is 2. The third kappa shape index (κ3) is 5.60. The lowest BCUT2D eigenvalue weighted by molar-refractivity contribution is -0.143. The fourth-order valence-electron chi connectivity index (χ4n) is 5.75. The minimum absolute atomic E-state index is 0.0349. The second kappa shape index (κ2) is 12.0. The number of benzene rings is 3. The number of hydrogen-bond donors (Lipinski definition) is 0. The fraction of sp³-hybridized carbons (Fsp3) is 0.314. The molecule has 0 N–H and O–H groups in total. The number of carbonyl (C=O) groups excluding carboxylic acids is 2. The number of fused-ring (bicyclic) bond motifs is 1. The minimum atomic E-state index is -0.476. The lowest BCUT2D eigenvalue weighted by Gasteiger charge is -2.39. The minimum Gasteiger partial charge on any atom is -0.348 e. The van der Waals surface area contributed by atoms with Gasteiger partial charge in [-0.2, -0.15) is 0 Å². The SMILES string of the molecule is CC(C)c1ccc([C@@H]2c3cccn3CCN2C(=O)CN(C(=O)C(c2ccccc2)c2ccccc2)C(C)C)cc1. The highest BCUT2D eigenvalue weighted by molar-refractivity contribution is 5.91. The number of nitrogens with zero attached hydrogens (tertiary/aromatic N) is 3. The third-order valence-corrected chi connectivity index (χ3v) is 8.00. The van der Waals surface area contributed by atoms with Gasteiger partial charge in [0.1, 0.15) is 6.54 Å². The molecule has 40 heavy (non-hydrogen) atoms. The first-order chi connectivity index (χ1) is 19.3. The number of aromatic nitrogens is 1. The van der Waals surface area contributed by atoms with Crippen LogP contribution < -0.4 is 0 Å². The summed E-state index contributed by atoms with van der Waals surface area (Å²) in [5, 5.41) is 0. The van der Waals surface area contributed by atoms with Crippen LogP contribution in [0.2, 0.25) is 0 Å². The van der Waals surface area contributed by atoms with Gasteiger partial charge in [0.05, 0.1) is 12.0 Å². The van der Waals surface area contributed by atoms with Crippen molar-refractivity contribution in [3.63, 3.8) is 0 Å². The summed E-state index contributed by atoms with van der Waals surface area (Å²) < 4.78 is 2.23. The zero-order valence-corrected chi connectivity index (χ0v) is 23.9. The summed E-state index contributed by atoms with van der Waals surface area (Å²) in [5.41, 5.74) is 5.32. The van der Waals surface area contributed by atoms with Crippen LogP contribution in [0.4, 0.5) is 0 Å². The van der Waals surface area contributed by atoms with E-state index in [9.17, 15) is 9.59 Å². The van der Waals surface area contributed by atoms with Gasteiger partial charge < -0.3 is 14.4 Å². The van der Waals surface area contributed by atoms with E-state index in [1.165, 1.54) is 5.56 Å². The van der Waals surface area contributed by atoms with E-state index < -0.39 is 5.92 Å². The molecular formula is C35H39N3O2. The normalized spacial score (nSPS) is 15.0. The Hall–Kier alpha value is -4.12. The second-order valence-corrected chi connectivity index (χ2v) is 11.3. The van der Waals surface area contributed by atoms with Crippen molar-refractivity contribution in [3.05, 3.63) is 131 Å². The highest BCUT2D eigenvalue weighted by atomic mass is 16.2. The first-order valence-electron chi connectivity index (χ1n) is 14.3. The predicted molar refractivity (Wildman–Crippen MR) is 160 cm³/mol. The van der Waals surface area contributed by atoms with E-state index in [0.717, 1.165) is 28.9 Å². The summed E-state index contributed by atoms with van der Waals surface area (Å²) in [6.45, 7) is 9.72. The van der Waals surface area contributed by atoms with Crippen molar-refractivity contribution < 1.29 is 9.59 Å². The van der Waals surface area contributed by atoms with Crippen LogP contribution in [0.25, 0.3) is 0 Å². The van der Waals surface area contributed by atoms with Crippen LogP contribution in [-0.2, 0) is 16.1 Å². The molecule has 0 unspecified atom stereocenters. The van der Waals surface area contributed by atoms with E-state index in [2.05, 4.69) is 54.9 Å². The molecule has 2 heterocycles. The predicted octanol–water partition coefficient (Wildman–Crippen LogP) is 6.61. The van der Waals surface area contributed by atoms with Gasteiger partial charge in [0.15, 0.2) is 0 Å². The fourth-order valence-corrected chi connectivity index (χ4v) is 5.75. The summed E-state index contributed by atoms with van der Waals surface area (Å²) in [4.78, 5) is 32.1. The van der Waals surface area contributed by atoms with Crippen LogP contribution in [0.1, 0.15) is 73.5 Å². The average Bonchev–Trinajstić information content (AvgIpc) is 3.45. The molecule has 4 aromatic rings. The van der Waals surface area contributed by atoms with Gasteiger partial charge in [-0.3, -0.25) is 9.59 Å². The van der Waals surface area contributed by atoms with Gasteiger partial charge in [-0.25, -0.2) is 0 Å². The van der Waals surface area contributed by atoms with Crippen LogP contribution in [0.15, 0.2) is 103 Å². The molecule has 5 rings (SSSR count). The Bertz CT molecular complexity index is 1390. The second-order valence-electron chi connectivity index (χ2n) is 11.3. The number of rotatable bonds is 8. The number of hydrogen-bond acceptors (Lipinski definition) is 2. The molecular weight excluding hydrogens is 494 g/mol. The molecule has 0 spiro atoms. The van der Waals surface area contributed by atoms with Crippen molar-refractivity contribution in [2.75, 3.05) is 13.1 Å². The monoisotopic (exact) mass is 533 g/mol. The van der Waals surface area contributed by atoms with Crippen molar-refractivity contribution in [3.8, 4) is 0 Å². The third-order valence-electron chi connectivity index (χ3n) is 8.00. The lowest BCUT2D eigenvalue weighted by Crippen LogP contribution is -2.50. The summed E-state index contributed by atoms with van der Waals surface area (Å²) in [5.74, 6) is -0.128. The van der Waals surface area contributed by atoms with Crippen LogP contribution >= 0.6 is 0 Å². The molecule has 5 heteroatoms. The van der Waals surface area contributed by atoms with Crippen LogP contribution in [0, 0.1) is 0 Å². The van der Waals surface area contributed by atoms with Crippen molar-refractivity contribution >= 4 is 11.8 Å². The van der Waals surface area contributed by atoms with Crippen LogP contribution in [0.3, 0.4) is 0 Å². The van der Waals surface area contributed by atoms with E-state index in [-0.39, 0.29) is 30.4 Å². The van der Waals surface area contributed by atoms with Gasteiger partial charge >= 0.3 is 0 Å². The maximum atomic E-state index is 14.3. The lowest BCUT2D eigenvalue weighted by atomic mass is 9.89. The number of amides is 2. The van der Waals surface area contributed by atoms with E-state index in [1.807, 2.05) is 85.5 Å². The Kier molecular flexibility index (Phi) is 8.20. The van der Waals surface area contributed by atoms with Gasteiger partial charge in [0.25, 0.3) is 0 Å². The van der Waals surface area contributed by atoms with E-state index in [4.69, 9.17) is 0 Å². The first-order valence-corrected chi connectivity index (χ1v) is 14.3.